The largest absolute Gasteiger partial charge is 0.132 e. The summed E-state index contributed by atoms with van der Waals surface area (Å²) < 4.78 is 0. The Morgan fingerprint density at radius 3 is 0.406 bits per heavy atom. The number of hydrogen-bond acceptors (Lipinski definition) is 0. The van der Waals surface area contributed by atoms with E-state index in [0.29, 0.717) is 0 Å². The fourth-order valence-electron chi connectivity index (χ4n) is 16.3. The highest BCUT2D eigenvalue weighted by Gasteiger charge is 2.25. The lowest BCUT2D eigenvalue weighted by Crippen LogP contribution is -2.22. The molecule has 128 heavy (non-hydrogen) atoms. The van der Waals surface area contributed by atoms with Crippen LogP contribution in [0.1, 0.15) is 299 Å². The van der Waals surface area contributed by atoms with Crippen molar-refractivity contribution in [3.05, 3.63) is 198 Å². The molecule has 0 heterocycles. The molecule has 0 N–H and O–H groups in total. The molecule has 0 spiro atoms. The fourth-order valence-corrected chi connectivity index (χ4v) is 30.2. The van der Waals surface area contributed by atoms with Crippen molar-refractivity contribution in [3.8, 4) is 139 Å². The predicted molar refractivity (Wildman–Crippen MR) is 589 cm³/mol. The highest BCUT2D eigenvalue weighted by atomic mass is 28.3. The highest BCUT2D eigenvalue weighted by molar-refractivity contribution is 6.88. The Morgan fingerprint density at radius 2 is 0.281 bits per heavy atom. The van der Waals surface area contributed by atoms with E-state index in [9.17, 15) is 0 Å². The van der Waals surface area contributed by atoms with Gasteiger partial charge in [0.15, 0.2) is 0 Å². The third-order valence-corrected chi connectivity index (χ3v) is 43.8. The second kappa shape index (κ2) is 50.6. The Bertz CT molecular complexity index is 5030. The molecule has 0 saturated carbocycles. The quantitative estimate of drug-likeness (QED) is 0.0171. The third-order valence-electron chi connectivity index (χ3n) is 24.6. The molecule has 0 aliphatic rings. The molecule has 0 unspecified atom stereocenters. The van der Waals surface area contributed by atoms with Crippen molar-refractivity contribution in [2.24, 2.45) is 0 Å². The zero-order valence-corrected chi connectivity index (χ0v) is 92.0. The summed E-state index contributed by atoms with van der Waals surface area (Å²) in [4.78, 5) is 0. The van der Waals surface area contributed by atoms with Gasteiger partial charge < -0.3 is 0 Å². The summed E-state index contributed by atoms with van der Waals surface area (Å²) in [5.41, 5.74) is 45.8. The minimum atomic E-state index is -1.84. The lowest BCUT2D eigenvalue weighted by atomic mass is 9.86. The number of unbranched alkanes of at least 4 members (excludes halogenated alkanes) is 16. The summed E-state index contributed by atoms with van der Waals surface area (Å²) in [6.45, 7) is 57.1. The Hall–Kier alpha value is -8.74. The van der Waals surface area contributed by atoms with Crippen LogP contribution in [-0.4, -0.2) is 64.6 Å². The number of benzene rings is 8. The van der Waals surface area contributed by atoms with Crippen LogP contribution in [-0.2, 0) is 0 Å². The van der Waals surface area contributed by atoms with Gasteiger partial charge in [-0.2, -0.15) is 0 Å². The molecule has 0 aliphatic heterocycles. The van der Waals surface area contributed by atoms with E-state index in [-0.39, 0.29) is 0 Å². The molecule has 0 bridgehead atoms. The maximum absolute atomic E-state index is 3.89. The number of rotatable bonds is 32. The van der Waals surface area contributed by atoms with Crippen molar-refractivity contribution >= 4 is 96.9 Å². The highest BCUT2D eigenvalue weighted by Crippen LogP contribution is 2.41. The molecule has 8 aromatic rings. The van der Waals surface area contributed by atoms with Gasteiger partial charge in [-0.25, -0.2) is 0 Å². The van der Waals surface area contributed by atoms with Crippen molar-refractivity contribution in [1.29, 1.82) is 0 Å². The topological polar surface area (TPSA) is 0 Å². The van der Waals surface area contributed by atoms with E-state index in [1.165, 1.54) is 202 Å². The van der Waals surface area contributed by atoms with E-state index in [1.54, 1.807) is 0 Å². The SMILES string of the molecule is CCCCC[Si](C)(C)C#Cc1cc(C#Cc2cc(C#Cc3cc(C#C[Si](C)(C)CCCCC)cc(C#C[Si](C)(C)CCCCC)c3)c3ccc4c(C#Cc5cc(C#C[Si](C)(C)CCCCC)cc(C#C[Si](C)(C)CCCCC)c5)cc(C#Cc5cc(C#C[Si](C)(C)CCCCC)cc(C#C[Si](C)(C)CCCCC)c5)c5ccc2c3c54)cc(C#C[Si](C)(C)CCCCC)c1. The van der Waals surface area contributed by atoms with Gasteiger partial charge in [0, 0.05) is 89.0 Å². The Labute approximate surface area is 790 Å². The first-order chi connectivity index (χ1) is 60.9. The van der Waals surface area contributed by atoms with Gasteiger partial charge in [0.1, 0.15) is 64.6 Å². The van der Waals surface area contributed by atoms with Gasteiger partial charge in [0.25, 0.3) is 0 Å². The molecule has 0 saturated heterocycles. The average molecular weight is 1820 g/mol. The van der Waals surface area contributed by atoms with Crippen molar-refractivity contribution in [3.63, 3.8) is 0 Å². The van der Waals surface area contributed by atoms with Gasteiger partial charge in [-0.1, -0.05) is 433 Å². The smallest absolute Gasteiger partial charge is 0.126 e. The van der Waals surface area contributed by atoms with Crippen LogP contribution in [0.25, 0.3) is 32.3 Å². The second-order valence-corrected chi connectivity index (χ2v) is 78.1. The van der Waals surface area contributed by atoms with Crippen LogP contribution in [0.3, 0.4) is 0 Å². The normalized spacial score (nSPS) is 11.5. The van der Waals surface area contributed by atoms with Crippen LogP contribution >= 0.6 is 0 Å². The standard InChI is InChI=1S/C120H154Si8/c1-25-33-41-69-121(9,10)77-61-103-85-99(86-104(93-103)62-78-122(11,12)70-42-34-26-2)49-53-111-97-112(54-50-100-87-105(63-79-123(13,14)71-43-35-27-3)94-106(88-100)64-80-124(15,16)72-44-36-28-4)116-59-60-118-114(56-52-102-91-109(67-83-127(21,22)75-47-39-31-7)96-110(92-102)68-84-128(23,24)76-48-40-32-8)98-113(117-58-57-115(111)119(116)120(117)118)55-51-101-89-107(65-81-125(17,18)73-45-37-29-5)95-108(90-101)66-82-126(19,20)74-46-38-30-6/h57-60,85-98H,25-48,69-76H2,1-24H3. The molecule has 8 heteroatoms. The van der Waals surface area contributed by atoms with E-state index in [1.807, 2.05) is 0 Å². The molecule has 0 aromatic heterocycles. The van der Waals surface area contributed by atoms with Crippen molar-refractivity contribution in [2.75, 3.05) is 0 Å². The van der Waals surface area contributed by atoms with E-state index >= 15 is 0 Å². The lowest BCUT2D eigenvalue weighted by molar-refractivity contribution is 0.764. The summed E-state index contributed by atoms with van der Waals surface area (Å²) in [5, 5.41) is 6.31. The first-order valence-corrected chi connectivity index (χ1v) is 75.3. The van der Waals surface area contributed by atoms with Crippen LogP contribution in [0.4, 0.5) is 0 Å². The first kappa shape index (κ1) is 105. The minimum Gasteiger partial charge on any atom is -0.126 e. The molecule has 8 rings (SSSR count). The van der Waals surface area contributed by atoms with Gasteiger partial charge in [0.05, 0.1) is 0 Å². The summed E-state index contributed by atoms with van der Waals surface area (Å²) in [6, 6.07) is 49.7. The summed E-state index contributed by atoms with van der Waals surface area (Å²) in [7, 11) is -14.7. The van der Waals surface area contributed by atoms with Crippen molar-refractivity contribution in [2.45, 2.75) is 363 Å². The summed E-state index contributed by atoms with van der Waals surface area (Å²) in [6.07, 6.45) is 29.2. The Morgan fingerprint density at radius 1 is 0.156 bits per heavy atom. The zero-order chi connectivity index (χ0) is 93.0. The van der Waals surface area contributed by atoms with Crippen LogP contribution in [0, 0.1) is 139 Å². The average Bonchev–Trinajstić information content (AvgIpc) is 0.717. The molecular formula is C120H154Si8. The first-order valence-electron chi connectivity index (χ1n) is 49.6. The second-order valence-electron chi connectivity index (χ2n) is 41.9. The number of hydrogen-bond donors (Lipinski definition) is 0. The summed E-state index contributed by atoms with van der Waals surface area (Å²) >= 11 is 0. The van der Waals surface area contributed by atoms with Crippen LogP contribution in [0.2, 0.25) is 153 Å². The van der Waals surface area contributed by atoms with Crippen molar-refractivity contribution in [1.82, 2.24) is 0 Å². The van der Waals surface area contributed by atoms with Gasteiger partial charge in [-0.3, -0.25) is 0 Å². The molecule has 0 fully saturated rings. The maximum Gasteiger partial charge on any atom is 0.132 e. The van der Waals surface area contributed by atoms with Crippen LogP contribution in [0.15, 0.2) is 109 Å². The molecule has 8 aromatic carbocycles. The zero-order valence-electron chi connectivity index (χ0n) is 84.0. The van der Waals surface area contributed by atoms with E-state index in [2.05, 4.69) is 408 Å². The van der Waals surface area contributed by atoms with E-state index in [4.69, 9.17) is 0 Å². The van der Waals surface area contributed by atoms with Crippen LogP contribution < -0.4 is 0 Å². The van der Waals surface area contributed by atoms with Gasteiger partial charge >= 0.3 is 0 Å². The van der Waals surface area contributed by atoms with Gasteiger partial charge in [-0.15, -0.1) is 44.3 Å². The van der Waals surface area contributed by atoms with Crippen LogP contribution in [0.5, 0.6) is 0 Å². The van der Waals surface area contributed by atoms with E-state index in [0.717, 1.165) is 121 Å². The lowest BCUT2D eigenvalue weighted by Gasteiger charge is -2.16. The molecular weight excluding hydrogens is 1670 g/mol. The monoisotopic (exact) mass is 1820 g/mol. The molecule has 0 amide bonds. The Kier molecular flexibility index (Phi) is 41.4. The van der Waals surface area contributed by atoms with Gasteiger partial charge in [-0.05, 0) is 166 Å². The third kappa shape index (κ3) is 36.2. The van der Waals surface area contributed by atoms with Crippen molar-refractivity contribution < 1.29 is 0 Å². The molecule has 0 radical (unpaired) electrons. The molecule has 0 nitrogen and oxygen atoms in total. The maximum atomic E-state index is 3.89. The molecule has 666 valence electrons. The molecule has 0 aliphatic carbocycles. The molecule has 0 atom stereocenters. The van der Waals surface area contributed by atoms with E-state index < -0.39 is 64.6 Å². The summed E-state index contributed by atoms with van der Waals surface area (Å²) in [5.74, 6) is 60.8. The predicted octanol–water partition coefficient (Wildman–Crippen LogP) is 32.5. The Balaban J connectivity index is 1.53. The minimum absolute atomic E-state index is 0.884. The fraction of sp³-hybridized carbons (Fsp3) is 0.467. The van der Waals surface area contributed by atoms with Gasteiger partial charge in [0.2, 0.25) is 0 Å².